The molecular formula is C27H44O4. The van der Waals surface area contributed by atoms with Crippen LogP contribution in [0.4, 0.5) is 0 Å². The highest BCUT2D eigenvalue weighted by Gasteiger charge is 2.20. The Labute approximate surface area is 190 Å². The second-order valence-corrected chi connectivity index (χ2v) is 8.71. The van der Waals surface area contributed by atoms with Crippen LogP contribution in [0.2, 0.25) is 0 Å². The zero-order valence-electron chi connectivity index (χ0n) is 20.5. The van der Waals surface area contributed by atoms with Crippen LogP contribution in [-0.2, 0) is 16.0 Å². The maximum atomic E-state index is 12.7. The number of unbranched alkanes of at least 4 members (excludes halogenated alkanes) is 6. The molecule has 0 aliphatic carbocycles. The molecule has 0 amide bonds. The van der Waals surface area contributed by atoms with Gasteiger partial charge in [-0.2, -0.15) is 0 Å². The second kappa shape index (κ2) is 15.9. The van der Waals surface area contributed by atoms with Gasteiger partial charge in [-0.15, -0.1) is 0 Å². The van der Waals surface area contributed by atoms with Gasteiger partial charge in [0.25, 0.3) is 0 Å². The van der Waals surface area contributed by atoms with Crippen molar-refractivity contribution >= 4 is 11.9 Å². The van der Waals surface area contributed by atoms with Gasteiger partial charge in [-0.3, -0.25) is 9.59 Å². The van der Waals surface area contributed by atoms with Crippen molar-refractivity contribution in [2.24, 2.45) is 11.8 Å². The Bertz CT molecular complexity index is 653. The molecule has 4 nitrogen and oxygen atoms in total. The van der Waals surface area contributed by atoms with Gasteiger partial charge in [-0.05, 0) is 43.4 Å². The van der Waals surface area contributed by atoms with Gasteiger partial charge in [0.15, 0.2) is 0 Å². The molecule has 1 aromatic carbocycles. The summed E-state index contributed by atoms with van der Waals surface area (Å²) >= 11 is 0. The summed E-state index contributed by atoms with van der Waals surface area (Å²) in [5.74, 6) is 0.300. The van der Waals surface area contributed by atoms with Crippen LogP contribution in [0, 0.1) is 11.8 Å². The molecule has 0 saturated heterocycles. The number of benzene rings is 1. The fraction of sp³-hybridized carbons (Fsp3) is 0.704. The molecule has 0 saturated carbocycles. The van der Waals surface area contributed by atoms with Crippen LogP contribution in [0.5, 0.6) is 11.5 Å². The summed E-state index contributed by atoms with van der Waals surface area (Å²) in [5, 5.41) is 0. The summed E-state index contributed by atoms with van der Waals surface area (Å²) in [6.07, 6.45) is 12.4. The molecule has 0 aliphatic heterocycles. The summed E-state index contributed by atoms with van der Waals surface area (Å²) in [6, 6.07) is 5.40. The lowest BCUT2D eigenvalue weighted by Crippen LogP contribution is -2.20. The second-order valence-electron chi connectivity index (χ2n) is 8.71. The SMILES string of the molecule is CCCCCCC(C)C(=O)Oc1cc(CC)cc(OC(=O)C(CC)CCCCCC)c1. The first-order chi connectivity index (χ1) is 14.9. The number of esters is 2. The molecule has 0 aromatic heterocycles. The number of rotatable bonds is 16. The summed E-state index contributed by atoms with van der Waals surface area (Å²) in [6.45, 7) is 10.3. The lowest BCUT2D eigenvalue weighted by atomic mass is 9.98. The molecule has 31 heavy (non-hydrogen) atoms. The highest BCUT2D eigenvalue weighted by atomic mass is 16.5. The van der Waals surface area contributed by atoms with E-state index in [9.17, 15) is 9.59 Å². The van der Waals surface area contributed by atoms with Crippen LogP contribution < -0.4 is 9.47 Å². The molecule has 0 aliphatic rings. The van der Waals surface area contributed by atoms with Crippen molar-refractivity contribution in [1.82, 2.24) is 0 Å². The van der Waals surface area contributed by atoms with Gasteiger partial charge in [-0.25, -0.2) is 0 Å². The average molecular weight is 433 g/mol. The maximum absolute atomic E-state index is 12.7. The molecule has 0 spiro atoms. The summed E-state index contributed by atoms with van der Waals surface area (Å²) in [7, 11) is 0. The Morgan fingerprint density at radius 2 is 1.29 bits per heavy atom. The first-order valence-electron chi connectivity index (χ1n) is 12.5. The number of aryl methyl sites for hydroxylation is 1. The lowest BCUT2D eigenvalue weighted by Gasteiger charge is -2.16. The van der Waals surface area contributed by atoms with Crippen LogP contribution >= 0.6 is 0 Å². The minimum atomic E-state index is -0.218. The minimum absolute atomic E-state index is 0.0868. The largest absolute Gasteiger partial charge is 0.426 e. The van der Waals surface area contributed by atoms with Crippen molar-refractivity contribution < 1.29 is 19.1 Å². The zero-order valence-corrected chi connectivity index (χ0v) is 20.5. The van der Waals surface area contributed by atoms with Gasteiger partial charge in [0.05, 0.1) is 11.8 Å². The Kier molecular flexibility index (Phi) is 13.9. The van der Waals surface area contributed by atoms with E-state index in [1.54, 1.807) is 6.07 Å². The van der Waals surface area contributed by atoms with Gasteiger partial charge in [0.2, 0.25) is 0 Å². The summed E-state index contributed by atoms with van der Waals surface area (Å²) in [5.41, 5.74) is 0.986. The fourth-order valence-corrected chi connectivity index (χ4v) is 3.67. The monoisotopic (exact) mass is 432 g/mol. The Morgan fingerprint density at radius 1 is 0.742 bits per heavy atom. The Hall–Kier alpha value is -1.84. The van der Waals surface area contributed by atoms with Crippen molar-refractivity contribution in [2.45, 2.75) is 112 Å². The van der Waals surface area contributed by atoms with Crippen LogP contribution in [-0.4, -0.2) is 11.9 Å². The van der Waals surface area contributed by atoms with E-state index < -0.39 is 0 Å². The molecule has 1 rings (SSSR count). The normalized spacial score (nSPS) is 12.9. The van der Waals surface area contributed by atoms with Gasteiger partial charge in [0.1, 0.15) is 11.5 Å². The van der Waals surface area contributed by atoms with Gasteiger partial charge in [-0.1, -0.05) is 86.0 Å². The molecule has 2 unspecified atom stereocenters. The number of hydrogen-bond acceptors (Lipinski definition) is 4. The first-order valence-corrected chi connectivity index (χ1v) is 12.5. The highest BCUT2D eigenvalue weighted by molar-refractivity contribution is 5.76. The Morgan fingerprint density at radius 3 is 1.81 bits per heavy atom. The predicted molar refractivity (Wildman–Crippen MR) is 128 cm³/mol. The van der Waals surface area contributed by atoms with E-state index in [0.29, 0.717) is 11.5 Å². The van der Waals surface area contributed by atoms with Crippen LogP contribution in [0.1, 0.15) is 111 Å². The summed E-state index contributed by atoms with van der Waals surface area (Å²) < 4.78 is 11.4. The van der Waals surface area contributed by atoms with Crippen molar-refractivity contribution in [3.63, 3.8) is 0 Å². The first kappa shape index (κ1) is 27.2. The lowest BCUT2D eigenvalue weighted by molar-refractivity contribution is -0.139. The number of carbonyl (C=O) groups is 2. The van der Waals surface area contributed by atoms with Gasteiger partial charge in [0, 0.05) is 6.07 Å². The van der Waals surface area contributed by atoms with Crippen molar-refractivity contribution in [3.05, 3.63) is 23.8 Å². The van der Waals surface area contributed by atoms with E-state index in [2.05, 4.69) is 13.8 Å². The predicted octanol–water partition coefficient (Wildman–Crippen LogP) is 7.66. The fourth-order valence-electron chi connectivity index (χ4n) is 3.67. The van der Waals surface area contributed by atoms with Crippen molar-refractivity contribution in [2.75, 3.05) is 0 Å². The molecule has 1 aromatic rings. The van der Waals surface area contributed by atoms with Gasteiger partial charge >= 0.3 is 11.9 Å². The molecule has 176 valence electrons. The van der Waals surface area contributed by atoms with Crippen LogP contribution in [0.15, 0.2) is 18.2 Å². The minimum Gasteiger partial charge on any atom is -0.426 e. The molecule has 0 heterocycles. The van der Waals surface area contributed by atoms with E-state index in [1.165, 1.54) is 25.7 Å². The smallest absolute Gasteiger partial charge is 0.314 e. The van der Waals surface area contributed by atoms with E-state index in [1.807, 2.05) is 32.9 Å². The molecule has 0 radical (unpaired) electrons. The van der Waals surface area contributed by atoms with Gasteiger partial charge < -0.3 is 9.47 Å². The maximum Gasteiger partial charge on any atom is 0.314 e. The quantitative estimate of drug-likeness (QED) is 0.153. The average Bonchev–Trinajstić information content (AvgIpc) is 2.76. The molecule has 0 bridgehead atoms. The Balaban J connectivity index is 2.73. The zero-order chi connectivity index (χ0) is 23.1. The molecule has 0 N–H and O–H groups in total. The topological polar surface area (TPSA) is 52.6 Å². The van der Waals surface area contributed by atoms with Crippen LogP contribution in [0.3, 0.4) is 0 Å². The third-order valence-corrected chi connectivity index (χ3v) is 5.91. The molecule has 2 atom stereocenters. The highest BCUT2D eigenvalue weighted by Crippen LogP contribution is 2.26. The van der Waals surface area contributed by atoms with Crippen LogP contribution in [0.25, 0.3) is 0 Å². The third kappa shape index (κ3) is 10.8. The molecular weight excluding hydrogens is 388 g/mol. The number of ether oxygens (including phenoxy) is 2. The summed E-state index contributed by atoms with van der Waals surface area (Å²) in [4.78, 5) is 25.2. The van der Waals surface area contributed by atoms with E-state index in [4.69, 9.17) is 9.47 Å². The van der Waals surface area contributed by atoms with Crippen molar-refractivity contribution in [3.8, 4) is 11.5 Å². The van der Waals surface area contributed by atoms with E-state index in [-0.39, 0.29) is 23.8 Å². The number of hydrogen-bond donors (Lipinski definition) is 0. The van der Waals surface area contributed by atoms with Crippen molar-refractivity contribution in [1.29, 1.82) is 0 Å². The molecule has 0 fully saturated rings. The molecule has 4 heteroatoms. The van der Waals surface area contributed by atoms with E-state index in [0.717, 1.165) is 56.9 Å². The number of carbonyl (C=O) groups excluding carboxylic acids is 2. The third-order valence-electron chi connectivity index (χ3n) is 5.91. The van der Waals surface area contributed by atoms with E-state index >= 15 is 0 Å². The standard InChI is InChI=1S/C27H44O4/c1-6-10-12-14-16-21(5)26(28)30-24-18-22(8-3)19-25(20-24)31-27(29)23(9-4)17-15-13-11-7-2/h18-21,23H,6-17H2,1-5H3.